The summed E-state index contributed by atoms with van der Waals surface area (Å²) in [5.41, 5.74) is 0.808. The van der Waals surface area contributed by atoms with Gasteiger partial charge in [-0.1, -0.05) is 11.6 Å². The van der Waals surface area contributed by atoms with Crippen LogP contribution in [0.3, 0.4) is 0 Å². The molecule has 1 aromatic heterocycles. The third-order valence-corrected chi connectivity index (χ3v) is 6.96. The van der Waals surface area contributed by atoms with Crippen molar-refractivity contribution >= 4 is 38.3 Å². The molecular weight excluding hydrogens is 400 g/mol. The molecular formula is C19H19ClN4O3S. The molecule has 0 spiro atoms. The zero-order valence-electron chi connectivity index (χ0n) is 15.2. The molecule has 1 aliphatic rings. The van der Waals surface area contributed by atoms with Gasteiger partial charge in [0.2, 0.25) is 10.0 Å². The van der Waals surface area contributed by atoms with Crippen LogP contribution in [0.5, 0.6) is 5.75 Å². The smallest absolute Gasteiger partial charge is 0.243 e. The van der Waals surface area contributed by atoms with Gasteiger partial charge >= 0.3 is 0 Å². The van der Waals surface area contributed by atoms with Crippen LogP contribution in [0.1, 0.15) is 0 Å². The maximum absolute atomic E-state index is 12.9. The second-order valence-electron chi connectivity index (χ2n) is 6.43. The van der Waals surface area contributed by atoms with E-state index in [9.17, 15) is 8.42 Å². The maximum atomic E-state index is 12.9. The normalized spacial score (nSPS) is 15.7. The first-order valence-electron chi connectivity index (χ1n) is 8.78. The lowest BCUT2D eigenvalue weighted by Crippen LogP contribution is -2.49. The van der Waals surface area contributed by atoms with Gasteiger partial charge in [-0.05, 0) is 42.5 Å². The zero-order chi connectivity index (χ0) is 19.7. The number of ether oxygens (including phenoxy) is 1. The van der Waals surface area contributed by atoms with Crippen LogP contribution in [0, 0.1) is 0 Å². The number of halogens is 1. The summed E-state index contributed by atoms with van der Waals surface area (Å²) in [6.45, 7) is 1.82. The van der Waals surface area contributed by atoms with E-state index in [-0.39, 0.29) is 4.90 Å². The molecule has 0 bridgehead atoms. The minimum atomic E-state index is -3.54. The monoisotopic (exact) mass is 418 g/mol. The van der Waals surface area contributed by atoms with E-state index in [4.69, 9.17) is 16.3 Å². The predicted molar refractivity (Wildman–Crippen MR) is 109 cm³/mol. The number of piperazine rings is 1. The number of aromatic nitrogens is 2. The second kappa shape index (κ2) is 7.54. The molecule has 28 heavy (non-hydrogen) atoms. The summed E-state index contributed by atoms with van der Waals surface area (Å²) >= 11 is 6.13. The van der Waals surface area contributed by atoms with Crippen LogP contribution in [0.4, 0.5) is 5.82 Å². The third-order valence-electron chi connectivity index (χ3n) is 4.81. The Morgan fingerprint density at radius 2 is 1.71 bits per heavy atom. The average Bonchev–Trinajstić information content (AvgIpc) is 2.73. The Morgan fingerprint density at radius 1 is 1.00 bits per heavy atom. The molecule has 1 saturated heterocycles. The van der Waals surface area contributed by atoms with Gasteiger partial charge in [-0.2, -0.15) is 4.31 Å². The Balaban J connectivity index is 1.54. The molecule has 0 unspecified atom stereocenters. The van der Waals surface area contributed by atoms with Crippen LogP contribution >= 0.6 is 11.6 Å². The van der Waals surface area contributed by atoms with E-state index in [1.807, 2.05) is 12.1 Å². The topological polar surface area (TPSA) is 75.6 Å². The van der Waals surface area contributed by atoms with Crippen LogP contribution in [-0.4, -0.2) is 56.0 Å². The summed E-state index contributed by atoms with van der Waals surface area (Å²) < 4.78 is 32.4. The quantitative estimate of drug-likeness (QED) is 0.648. The Bertz CT molecular complexity index is 1100. The fourth-order valence-electron chi connectivity index (χ4n) is 3.30. The van der Waals surface area contributed by atoms with Crippen molar-refractivity contribution in [3.8, 4) is 5.75 Å². The van der Waals surface area contributed by atoms with E-state index < -0.39 is 10.0 Å². The van der Waals surface area contributed by atoms with E-state index >= 15 is 0 Å². The second-order valence-corrected chi connectivity index (χ2v) is 8.80. The molecule has 0 aliphatic carbocycles. The Morgan fingerprint density at radius 3 is 2.39 bits per heavy atom. The van der Waals surface area contributed by atoms with Crippen LogP contribution in [0.25, 0.3) is 10.9 Å². The Hall–Kier alpha value is -2.42. The van der Waals surface area contributed by atoms with Crippen molar-refractivity contribution in [2.24, 2.45) is 0 Å². The molecule has 2 aromatic carbocycles. The van der Waals surface area contributed by atoms with Gasteiger partial charge in [-0.15, -0.1) is 0 Å². The van der Waals surface area contributed by atoms with Crippen molar-refractivity contribution in [2.45, 2.75) is 4.90 Å². The van der Waals surface area contributed by atoms with E-state index in [1.54, 1.807) is 37.4 Å². The molecule has 1 aliphatic heterocycles. The van der Waals surface area contributed by atoms with E-state index in [2.05, 4.69) is 14.9 Å². The van der Waals surface area contributed by atoms with E-state index in [0.717, 1.165) is 16.7 Å². The lowest BCUT2D eigenvalue weighted by Gasteiger charge is -2.35. The lowest BCUT2D eigenvalue weighted by atomic mass is 10.2. The number of fused-ring (bicyclic) bond motifs is 1. The molecule has 2 heterocycles. The number of anilines is 1. The number of hydrogen-bond donors (Lipinski definition) is 0. The molecule has 0 amide bonds. The Labute approximate surface area is 168 Å². The molecule has 0 N–H and O–H groups in total. The van der Waals surface area contributed by atoms with Crippen molar-refractivity contribution < 1.29 is 13.2 Å². The SMILES string of the molecule is COc1ccc(S(=O)(=O)N2CCN(c3ncnc4ccc(Cl)cc34)CC2)cc1. The van der Waals surface area contributed by atoms with Crippen molar-refractivity contribution in [1.29, 1.82) is 0 Å². The fourth-order valence-corrected chi connectivity index (χ4v) is 4.90. The summed E-state index contributed by atoms with van der Waals surface area (Å²) in [6, 6.07) is 11.9. The first-order chi connectivity index (χ1) is 13.5. The first-order valence-corrected chi connectivity index (χ1v) is 10.6. The van der Waals surface area contributed by atoms with Gasteiger partial charge in [0.15, 0.2) is 0 Å². The number of rotatable bonds is 4. The number of nitrogens with zero attached hydrogens (tertiary/aromatic N) is 4. The summed E-state index contributed by atoms with van der Waals surface area (Å²) in [5, 5.41) is 1.48. The molecule has 0 radical (unpaired) electrons. The molecule has 1 fully saturated rings. The summed E-state index contributed by atoms with van der Waals surface area (Å²) in [4.78, 5) is 11.0. The summed E-state index contributed by atoms with van der Waals surface area (Å²) in [5.74, 6) is 1.40. The molecule has 0 saturated carbocycles. The van der Waals surface area contributed by atoms with Crippen LogP contribution in [0.2, 0.25) is 5.02 Å². The van der Waals surface area contributed by atoms with Gasteiger partial charge in [-0.25, -0.2) is 18.4 Å². The van der Waals surface area contributed by atoms with Crippen molar-refractivity contribution in [2.75, 3.05) is 38.2 Å². The van der Waals surface area contributed by atoms with Gasteiger partial charge in [0.1, 0.15) is 17.9 Å². The molecule has 146 valence electrons. The third kappa shape index (κ3) is 3.50. The fraction of sp³-hybridized carbons (Fsp3) is 0.263. The van der Waals surface area contributed by atoms with Gasteiger partial charge in [-0.3, -0.25) is 0 Å². The van der Waals surface area contributed by atoms with Gasteiger partial charge in [0.05, 0.1) is 17.5 Å². The molecule has 3 aromatic rings. The highest BCUT2D eigenvalue weighted by Gasteiger charge is 2.29. The van der Waals surface area contributed by atoms with E-state index in [1.165, 1.54) is 10.6 Å². The van der Waals surface area contributed by atoms with Crippen molar-refractivity contribution in [3.63, 3.8) is 0 Å². The van der Waals surface area contributed by atoms with Crippen molar-refractivity contribution in [1.82, 2.24) is 14.3 Å². The number of sulfonamides is 1. The highest BCUT2D eigenvalue weighted by Crippen LogP contribution is 2.28. The maximum Gasteiger partial charge on any atom is 0.243 e. The van der Waals surface area contributed by atoms with Gasteiger partial charge in [0.25, 0.3) is 0 Å². The minimum absolute atomic E-state index is 0.265. The van der Waals surface area contributed by atoms with Crippen molar-refractivity contribution in [3.05, 3.63) is 53.8 Å². The molecule has 9 heteroatoms. The van der Waals surface area contributed by atoms with Gasteiger partial charge < -0.3 is 9.64 Å². The summed E-state index contributed by atoms with van der Waals surface area (Å²) in [6.07, 6.45) is 1.52. The van der Waals surface area contributed by atoms with Gasteiger partial charge in [0, 0.05) is 36.6 Å². The minimum Gasteiger partial charge on any atom is -0.497 e. The number of hydrogen-bond acceptors (Lipinski definition) is 6. The highest BCUT2D eigenvalue weighted by molar-refractivity contribution is 7.89. The highest BCUT2D eigenvalue weighted by atomic mass is 35.5. The zero-order valence-corrected chi connectivity index (χ0v) is 16.8. The first kappa shape index (κ1) is 18.9. The molecule has 7 nitrogen and oxygen atoms in total. The molecule has 0 atom stereocenters. The largest absolute Gasteiger partial charge is 0.497 e. The van der Waals surface area contributed by atoms with Crippen LogP contribution < -0.4 is 9.64 Å². The number of benzene rings is 2. The average molecular weight is 419 g/mol. The Kier molecular flexibility index (Phi) is 5.09. The van der Waals surface area contributed by atoms with Crippen LogP contribution in [0.15, 0.2) is 53.7 Å². The standard InChI is InChI=1S/C19H19ClN4O3S/c1-27-15-3-5-16(6-4-15)28(25,26)24-10-8-23(9-11-24)19-17-12-14(20)2-7-18(17)21-13-22-19/h2-7,12-13H,8-11H2,1H3. The summed E-state index contributed by atoms with van der Waals surface area (Å²) in [7, 11) is -2.00. The van der Waals surface area contributed by atoms with E-state index in [0.29, 0.717) is 37.0 Å². The lowest BCUT2D eigenvalue weighted by molar-refractivity contribution is 0.384. The predicted octanol–water partition coefficient (Wildman–Crippen LogP) is 2.80. The number of methoxy groups -OCH3 is 1. The molecule has 4 rings (SSSR count). The van der Waals surface area contributed by atoms with Crippen LogP contribution in [-0.2, 0) is 10.0 Å².